The van der Waals surface area contributed by atoms with E-state index in [4.69, 9.17) is 15.4 Å². The first-order valence-electron chi connectivity index (χ1n) is 9.21. The molecule has 3 N–H and O–H groups in total. The fraction of sp³-hybridized carbons (Fsp3) is 0.238. The molecule has 3 heterocycles. The van der Waals surface area contributed by atoms with Crippen LogP contribution in [-0.4, -0.2) is 33.2 Å². The molecule has 0 spiro atoms. The molecule has 3 aromatic rings. The number of pyridine rings is 3. The Balaban J connectivity index is 1.63. The number of hydrogen-bond acceptors (Lipinski definition) is 7. The van der Waals surface area contributed by atoms with Crippen molar-refractivity contribution < 1.29 is 5.11 Å². The molecular weight excluding hydrogens is 352 g/mol. The van der Waals surface area contributed by atoms with E-state index < -0.39 is 0 Å². The first-order chi connectivity index (χ1) is 13.7. The van der Waals surface area contributed by atoms with E-state index in [-0.39, 0.29) is 6.61 Å². The average Bonchev–Trinajstić information content (AvgIpc) is 3.58. The van der Waals surface area contributed by atoms with Crippen molar-refractivity contribution >= 4 is 17.5 Å². The van der Waals surface area contributed by atoms with Crippen molar-refractivity contribution in [3.63, 3.8) is 0 Å². The van der Waals surface area contributed by atoms with Gasteiger partial charge in [0.2, 0.25) is 0 Å². The summed E-state index contributed by atoms with van der Waals surface area (Å²) in [6.07, 6.45) is 5.76. The largest absolute Gasteiger partial charge is 0.395 e. The number of aliphatic hydroxyl groups excluding tert-OH is 1. The molecule has 1 aliphatic carbocycles. The lowest BCUT2D eigenvalue weighted by Gasteiger charge is -2.11. The first-order valence-corrected chi connectivity index (χ1v) is 9.21. The molecule has 7 nitrogen and oxygen atoms in total. The van der Waals surface area contributed by atoms with Crippen LogP contribution in [0, 0.1) is 11.3 Å². The SMILES string of the molecule is N#Cc1ccnc(Nc2cc(C3CC3)cc(-c3ccc(NCCO)nc3)n2)c1. The molecule has 7 heteroatoms. The summed E-state index contributed by atoms with van der Waals surface area (Å²) in [5.41, 5.74) is 3.54. The molecule has 0 aliphatic heterocycles. The highest BCUT2D eigenvalue weighted by Crippen LogP contribution is 2.42. The summed E-state index contributed by atoms with van der Waals surface area (Å²) in [7, 11) is 0. The van der Waals surface area contributed by atoms with E-state index >= 15 is 0 Å². The molecule has 28 heavy (non-hydrogen) atoms. The van der Waals surface area contributed by atoms with Crippen LogP contribution in [0.15, 0.2) is 48.8 Å². The van der Waals surface area contributed by atoms with Gasteiger partial charge in [0.1, 0.15) is 17.5 Å². The summed E-state index contributed by atoms with van der Waals surface area (Å²) in [4.78, 5) is 13.4. The second-order valence-corrected chi connectivity index (χ2v) is 6.69. The zero-order valence-corrected chi connectivity index (χ0v) is 15.3. The highest BCUT2D eigenvalue weighted by atomic mass is 16.3. The lowest BCUT2D eigenvalue weighted by Crippen LogP contribution is -2.06. The van der Waals surface area contributed by atoms with E-state index in [1.54, 1.807) is 24.5 Å². The van der Waals surface area contributed by atoms with Crippen molar-refractivity contribution in [3.05, 3.63) is 59.9 Å². The van der Waals surface area contributed by atoms with Crippen LogP contribution < -0.4 is 10.6 Å². The summed E-state index contributed by atoms with van der Waals surface area (Å²) in [5.74, 6) is 2.57. The minimum absolute atomic E-state index is 0.0600. The average molecular weight is 372 g/mol. The number of nitriles is 1. The van der Waals surface area contributed by atoms with Gasteiger partial charge in [0.05, 0.1) is 23.9 Å². The van der Waals surface area contributed by atoms with Crippen molar-refractivity contribution in [3.8, 4) is 17.3 Å². The number of anilines is 3. The van der Waals surface area contributed by atoms with Crippen LogP contribution in [0.4, 0.5) is 17.5 Å². The topological polar surface area (TPSA) is 107 Å². The van der Waals surface area contributed by atoms with Gasteiger partial charge in [-0.15, -0.1) is 0 Å². The van der Waals surface area contributed by atoms with Crippen molar-refractivity contribution in [1.82, 2.24) is 15.0 Å². The second kappa shape index (κ2) is 8.03. The predicted molar refractivity (Wildman–Crippen MR) is 107 cm³/mol. The van der Waals surface area contributed by atoms with Gasteiger partial charge in [0, 0.05) is 24.5 Å². The Labute approximate surface area is 163 Å². The van der Waals surface area contributed by atoms with Crippen LogP contribution in [-0.2, 0) is 0 Å². The molecule has 0 atom stereocenters. The van der Waals surface area contributed by atoms with Gasteiger partial charge in [-0.1, -0.05) is 0 Å². The first kappa shape index (κ1) is 17.9. The molecule has 0 radical (unpaired) electrons. The maximum atomic E-state index is 9.08. The molecule has 140 valence electrons. The van der Waals surface area contributed by atoms with Gasteiger partial charge < -0.3 is 15.7 Å². The molecule has 3 aromatic heterocycles. The van der Waals surface area contributed by atoms with Crippen molar-refractivity contribution in [2.24, 2.45) is 0 Å². The molecule has 0 amide bonds. The Hall–Kier alpha value is -3.50. The molecule has 0 bridgehead atoms. The Morgan fingerprint density at radius 2 is 1.96 bits per heavy atom. The summed E-state index contributed by atoms with van der Waals surface area (Å²) in [6, 6.07) is 13.5. The summed E-state index contributed by atoms with van der Waals surface area (Å²) in [5, 5.41) is 24.2. The Morgan fingerprint density at radius 1 is 1.07 bits per heavy atom. The van der Waals surface area contributed by atoms with Crippen molar-refractivity contribution in [1.29, 1.82) is 5.26 Å². The van der Waals surface area contributed by atoms with Crippen molar-refractivity contribution in [2.45, 2.75) is 18.8 Å². The monoisotopic (exact) mass is 372 g/mol. The van der Waals surface area contributed by atoms with Crippen LogP contribution in [0.5, 0.6) is 0 Å². The Bertz CT molecular complexity index is 1010. The lowest BCUT2D eigenvalue weighted by molar-refractivity contribution is 0.311. The quantitative estimate of drug-likeness (QED) is 0.583. The summed E-state index contributed by atoms with van der Waals surface area (Å²) < 4.78 is 0. The lowest BCUT2D eigenvalue weighted by atomic mass is 10.1. The van der Waals surface area contributed by atoms with Crippen LogP contribution in [0.2, 0.25) is 0 Å². The van der Waals surface area contributed by atoms with Gasteiger partial charge >= 0.3 is 0 Å². The summed E-state index contributed by atoms with van der Waals surface area (Å²) >= 11 is 0. The smallest absolute Gasteiger partial charge is 0.132 e. The van der Waals surface area contributed by atoms with Gasteiger partial charge in [-0.25, -0.2) is 15.0 Å². The van der Waals surface area contributed by atoms with E-state index in [1.807, 2.05) is 18.2 Å². The minimum Gasteiger partial charge on any atom is -0.395 e. The Kier molecular flexibility index (Phi) is 5.13. The molecule has 0 unspecified atom stereocenters. The fourth-order valence-electron chi connectivity index (χ4n) is 2.95. The zero-order chi connectivity index (χ0) is 19.3. The van der Waals surface area contributed by atoms with Gasteiger partial charge in [0.15, 0.2) is 0 Å². The van der Waals surface area contributed by atoms with Gasteiger partial charge in [-0.3, -0.25) is 0 Å². The second-order valence-electron chi connectivity index (χ2n) is 6.69. The highest BCUT2D eigenvalue weighted by molar-refractivity contribution is 5.65. The molecule has 1 aliphatic rings. The maximum absolute atomic E-state index is 9.08. The van der Waals surface area contributed by atoms with Crippen molar-refractivity contribution in [2.75, 3.05) is 23.8 Å². The van der Waals surface area contributed by atoms with Gasteiger partial charge in [0.25, 0.3) is 0 Å². The van der Waals surface area contributed by atoms with Crippen LogP contribution in [0.3, 0.4) is 0 Å². The van der Waals surface area contributed by atoms with Crippen LogP contribution >= 0.6 is 0 Å². The highest BCUT2D eigenvalue weighted by Gasteiger charge is 2.25. The number of hydrogen-bond donors (Lipinski definition) is 3. The summed E-state index contributed by atoms with van der Waals surface area (Å²) in [6.45, 7) is 0.523. The third kappa shape index (κ3) is 4.24. The molecule has 0 saturated heterocycles. The van der Waals surface area contributed by atoms with Crippen LogP contribution in [0.1, 0.15) is 29.9 Å². The molecular formula is C21H20N6O. The molecule has 4 rings (SSSR count). The Morgan fingerprint density at radius 3 is 2.68 bits per heavy atom. The fourth-order valence-corrected chi connectivity index (χ4v) is 2.95. The van der Waals surface area contributed by atoms with E-state index in [2.05, 4.69) is 32.7 Å². The van der Waals surface area contributed by atoms with E-state index in [0.717, 1.165) is 11.3 Å². The third-order valence-electron chi connectivity index (χ3n) is 4.52. The van der Waals surface area contributed by atoms with Gasteiger partial charge in [-0.2, -0.15) is 5.26 Å². The van der Waals surface area contributed by atoms with E-state index in [0.29, 0.717) is 35.5 Å². The zero-order valence-electron chi connectivity index (χ0n) is 15.3. The minimum atomic E-state index is 0.0600. The standard InChI is InChI=1S/C21H20N6O/c22-12-14-5-6-23-20(9-14)27-21-11-17(15-1-2-15)10-18(26-21)16-3-4-19(25-13-16)24-7-8-28/h3-6,9-11,13,15,28H,1-2,7-8H2,(H,24,25)(H,23,26,27). The predicted octanol–water partition coefficient (Wildman–Crippen LogP) is 3.44. The van der Waals surface area contributed by atoms with Gasteiger partial charge in [-0.05, 0) is 60.7 Å². The number of nitrogens with one attached hydrogen (secondary N) is 2. The molecule has 1 saturated carbocycles. The number of rotatable bonds is 7. The molecule has 1 fully saturated rings. The number of aliphatic hydroxyl groups is 1. The number of aromatic nitrogens is 3. The van der Waals surface area contributed by atoms with E-state index in [9.17, 15) is 0 Å². The normalized spacial score (nSPS) is 13.0. The van der Waals surface area contributed by atoms with Crippen LogP contribution in [0.25, 0.3) is 11.3 Å². The number of nitrogens with zero attached hydrogens (tertiary/aromatic N) is 4. The maximum Gasteiger partial charge on any atom is 0.132 e. The molecule has 0 aromatic carbocycles. The third-order valence-corrected chi connectivity index (χ3v) is 4.52. The van der Waals surface area contributed by atoms with E-state index in [1.165, 1.54) is 18.4 Å².